The van der Waals surface area contributed by atoms with Gasteiger partial charge in [0.15, 0.2) is 0 Å². The van der Waals surface area contributed by atoms with E-state index in [1.807, 2.05) is 23.9 Å². The molecule has 0 saturated carbocycles. The summed E-state index contributed by atoms with van der Waals surface area (Å²) in [5, 5.41) is 3.16. The number of hydrogen-bond acceptors (Lipinski definition) is 3. The second-order valence-corrected chi connectivity index (χ2v) is 5.79. The molecule has 5 heteroatoms. The molecule has 2 aromatic rings. The van der Waals surface area contributed by atoms with E-state index in [0.29, 0.717) is 5.56 Å². The summed E-state index contributed by atoms with van der Waals surface area (Å²) in [5.41, 5.74) is 1.56. The number of hydrogen-bond donors (Lipinski definition) is 1. The van der Waals surface area contributed by atoms with Gasteiger partial charge in [0.1, 0.15) is 0 Å². The van der Waals surface area contributed by atoms with Crippen LogP contribution in [0, 0.1) is 0 Å². The van der Waals surface area contributed by atoms with Crippen molar-refractivity contribution >= 4 is 29.3 Å². The summed E-state index contributed by atoms with van der Waals surface area (Å²) in [7, 11) is 0. The molecule has 0 radical (unpaired) electrons. The average molecular weight is 294 g/mol. The Hall–Kier alpha value is -1.39. The number of amides is 1. The normalized spacial score (nSPS) is 17.8. The quantitative estimate of drug-likeness (QED) is 0.913. The molecule has 1 amide bonds. The van der Waals surface area contributed by atoms with Crippen molar-refractivity contribution in [2.75, 3.05) is 5.75 Å². The molecule has 98 valence electrons. The number of furan rings is 1. The highest BCUT2D eigenvalue weighted by molar-refractivity contribution is 7.99. The van der Waals surface area contributed by atoms with Crippen LogP contribution in [0.5, 0.6) is 0 Å². The monoisotopic (exact) mass is 293 g/mol. The van der Waals surface area contributed by atoms with Crippen molar-refractivity contribution in [2.45, 2.75) is 17.4 Å². The molecule has 2 heterocycles. The van der Waals surface area contributed by atoms with Crippen molar-refractivity contribution in [1.29, 1.82) is 0 Å². The first-order chi connectivity index (χ1) is 9.25. The largest absolute Gasteiger partial charge is 0.452 e. The van der Waals surface area contributed by atoms with Gasteiger partial charge in [-0.1, -0.05) is 18.2 Å². The zero-order valence-electron chi connectivity index (χ0n) is 10.1. The minimum Gasteiger partial charge on any atom is -0.452 e. The van der Waals surface area contributed by atoms with Gasteiger partial charge in [-0.15, -0.1) is 11.8 Å². The van der Waals surface area contributed by atoms with Gasteiger partial charge < -0.3 is 9.73 Å². The lowest BCUT2D eigenvalue weighted by Crippen LogP contribution is -2.30. The first-order valence-electron chi connectivity index (χ1n) is 6.01. The van der Waals surface area contributed by atoms with Gasteiger partial charge in [0, 0.05) is 10.6 Å². The number of halogens is 1. The molecule has 0 fully saturated rings. The fraction of sp³-hybridized carbons (Fsp3) is 0.214. The Balaban J connectivity index is 1.82. The molecule has 3 nitrogen and oxygen atoms in total. The van der Waals surface area contributed by atoms with Gasteiger partial charge in [0.2, 0.25) is 5.22 Å². The highest BCUT2D eigenvalue weighted by Gasteiger charge is 2.23. The van der Waals surface area contributed by atoms with Crippen molar-refractivity contribution < 1.29 is 9.21 Å². The second kappa shape index (κ2) is 5.31. The Morgan fingerprint density at radius 2 is 2.21 bits per heavy atom. The molecule has 19 heavy (non-hydrogen) atoms. The van der Waals surface area contributed by atoms with E-state index in [2.05, 4.69) is 17.4 Å². The summed E-state index contributed by atoms with van der Waals surface area (Å²) >= 11 is 7.65. The highest BCUT2D eigenvalue weighted by Crippen LogP contribution is 2.36. The Labute approximate surface area is 120 Å². The number of benzene rings is 1. The van der Waals surface area contributed by atoms with Crippen molar-refractivity contribution in [3.05, 3.63) is 52.9 Å². The van der Waals surface area contributed by atoms with Crippen LogP contribution in [-0.2, 0) is 0 Å². The molecule has 0 saturated heterocycles. The lowest BCUT2D eigenvalue weighted by Gasteiger charge is -2.25. The average Bonchev–Trinajstić information content (AvgIpc) is 2.85. The van der Waals surface area contributed by atoms with Crippen LogP contribution < -0.4 is 5.32 Å². The topological polar surface area (TPSA) is 42.2 Å². The van der Waals surface area contributed by atoms with Gasteiger partial charge in [0.25, 0.3) is 5.91 Å². The molecule has 3 rings (SSSR count). The fourth-order valence-corrected chi connectivity index (χ4v) is 3.51. The molecule has 1 aliphatic heterocycles. The number of thioether (sulfide) groups is 1. The molecule has 1 unspecified atom stereocenters. The molecule has 0 aliphatic carbocycles. The third kappa shape index (κ3) is 2.51. The molecule has 1 aromatic carbocycles. The predicted octanol–water partition coefficient (Wildman–Crippen LogP) is 3.90. The number of fused-ring (bicyclic) bond motifs is 1. The number of nitrogens with one attached hydrogen (secondary N) is 1. The number of carbonyl (C=O) groups is 1. The van der Waals surface area contributed by atoms with Crippen LogP contribution in [-0.4, -0.2) is 11.7 Å². The standard InChI is InChI=1S/C14H12ClNO2S/c15-13-10(5-7-18-13)14(17)16-11-6-8-19-12-4-2-1-3-9(11)12/h1-5,7,11H,6,8H2,(H,16,17). The van der Waals surface area contributed by atoms with Gasteiger partial charge >= 0.3 is 0 Å². The number of carbonyl (C=O) groups excluding carboxylic acids is 1. The van der Waals surface area contributed by atoms with Crippen LogP contribution in [0.3, 0.4) is 0 Å². The third-order valence-corrected chi connectivity index (χ3v) is 4.54. The third-order valence-electron chi connectivity index (χ3n) is 3.13. The summed E-state index contributed by atoms with van der Waals surface area (Å²) < 4.78 is 4.94. The van der Waals surface area contributed by atoms with E-state index in [9.17, 15) is 4.79 Å². The van der Waals surface area contributed by atoms with Crippen LogP contribution in [0.2, 0.25) is 5.22 Å². The molecule has 0 spiro atoms. The van der Waals surface area contributed by atoms with Gasteiger partial charge in [-0.3, -0.25) is 4.79 Å². The van der Waals surface area contributed by atoms with E-state index < -0.39 is 0 Å². The van der Waals surface area contributed by atoms with E-state index in [4.69, 9.17) is 16.0 Å². The van der Waals surface area contributed by atoms with Crippen molar-refractivity contribution in [2.24, 2.45) is 0 Å². The van der Waals surface area contributed by atoms with Crippen LogP contribution in [0.1, 0.15) is 28.4 Å². The zero-order chi connectivity index (χ0) is 13.2. The smallest absolute Gasteiger partial charge is 0.256 e. The first-order valence-corrected chi connectivity index (χ1v) is 7.37. The van der Waals surface area contributed by atoms with Crippen LogP contribution in [0.25, 0.3) is 0 Å². The molecular weight excluding hydrogens is 282 g/mol. The Morgan fingerprint density at radius 1 is 1.37 bits per heavy atom. The molecule has 0 bridgehead atoms. The predicted molar refractivity (Wildman–Crippen MR) is 75.7 cm³/mol. The maximum atomic E-state index is 12.1. The summed E-state index contributed by atoms with van der Waals surface area (Å²) in [5.74, 6) is 0.812. The molecule has 1 atom stereocenters. The maximum Gasteiger partial charge on any atom is 0.256 e. The SMILES string of the molecule is O=C(NC1CCSc2ccccc21)c1ccoc1Cl. The van der Waals surface area contributed by atoms with E-state index >= 15 is 0 Å². The van der Waals surface area contributed by atoms with Gasteiger partial charge in [0.05, 0.1) is 17.9 Å². The van der Waals surface area contributed by atoms with E-state index in [-0.39, 0.29) is 17.2 Å². The van der Waals surface area contributed by atoms with Crippen LogP contribution >= 0.6 is 23.4 Å². The van der Waals surface area contributed by atoms with E-state index in [1.54, 1.807) is 6.07 Å². The molecule has 1 aromatic heterocycles. The molecule has 1 N–H and O–H groups in total. The van der Waals surface area contributed by atoms with Gasteiger partial charge in [-0.2, -0.15) is 0 Å². The minimum atomic E-state index is -0.189. The van der Waals surface area contributed by atoms with E-state index in [0.717, 1.165) is 12.2 Å². The van der Waals surface area contributed by atoms with Crippen LogP contribution in [0.4, 0.5) is 0 Å². The Bertz CT molecular complexity index is 611. The minimum absolute atomic E-state index is 0.0379. The Morgan fingerprint density at radius 3 is 3.00 bits per heavy atom. The summed E-state index contributed by atoms with van der Waals surface area (Å²) in [4.78, 5) is 13.4. The lowest BCUT2D eigenvalue weighted by atomic mass is 10.0. The van der Waals surface area contributed by atoms with Crippen molar-refractivity contribution in [3.8, 4) is 0 Å². The van der Waals surface area contributed by atoms with Crippen LogP contribution in [0.15, 0.2) is 45.9 Å². The summed E-state index contributed by atoms with van der Waals surface area (Å²) in [6.45, 7) is 0. The second-order valence-electron chi connectivity index (χ2n) is 4.31. The number of rotatable bonds is 2. The Kier molecular flexibility index (Phi) is 3.53. The first kappa shape index (κ1) is 12.6. The maximum absolute atomic E-state index is 12.1. The van der Waals surface area contributed by atoms with E-state index in [1.165, 1.54) is 16.7 Å². The molecule has 1 aliphatic rings. The summed E-state index contributed by atoms with van der Waals surface area (Å²) in [6, 6.07) is 9.78. The zero-order valence-corrected chi connectivity index (χ0v) is 11.6. The van der Waals surface area contributed by atoms with Crippen molar-refractivity contribution in [3.63, 3.8) is 0 Å². The molecular formula is C14H12ClNO2S. The highest BCUT2D eigenvalue weighted by atomic mass is 35.5. The lowest BCUT2D eigenvalue weighted by molar-refractivity contribution is 0.0934. The van der Waals surface area contributed by atoms with Gasteiger partial charge in [-0.05, 0) is 35.7 Å². The van der Waals surface area contributed by atoms with Gasteiger partial charge in [-0.25, -0.2) is 0 Å². The fourth-order valence-electron chi connectivity index (χ4n) is 2.18. The summed E-state index contributed by atoms with van der Waals surface area (Å²) in [6.07, 6.45) is 2.34. The van der Waals surface area contributed by atoms with Crippen molar-refractivity contribution in [1.82, 2.24) is 5.32 Å².